The Labute approximate surface area is 184 Å². The molecule has 0 radical (unpaired) electrons. The normalized spacial score (nSPS) is 18.7. The molecule has 9 nitrogen and oxygen atoms in total. The van der Waals surface area contributed by atoms with Crippen molar-refractivity contribution in [3.8, 4) is 11.5 Å². The minimum atomic E-state index is -3.87. The summed E-state index contributed by atoms with van der Waals surface area (Å²) in [5.74, 6) is 0.214. The summed E-state index contributed by atoms with van der Waals surface area (Å²) in [6.07, 6.45) is 0. The van der Waals surface area contributed by atoms with Gasteiger partial charge in [-0.3, -0.25) is 14.9 Å². The molecule has 0 bridgehead atoms. The zero-order chi connectivity index (χ0) is 22.4. The highest BCUT2D eigenvalue weighted by Gasteiger charge is 2.38. The van der Waals surface area contributed by atoms with E-state index < -0.39 is 26.5 Å². The van der Waals surface area contributed by atoms with Gasteiger partial charge in [-0.15, -0.1) is 11.8 Å². The quantitative estimate of drug-likeness (QED) is 0.532. The Bertz CT molecular complexity index is 1040. The second-order valence-electron chi connectivity index (χ2n) is 6.57. The smallest absolute Gasteiger partial charge is 0.241 e. The molecule has 0 saturated carbocycles. The summed E-state index contributed by atoms with van der Waals surface area (Å²) in [5, 5.41) is 7.05. The number of carbonyl (C=O) groups is 2. The lowest BCUT2D eigenvalue weighted by atomic mass is 10.3. The molecule has 0 aromatic heterocycles. The molecule has 1 heterocycles. The van der Waals surface area contributed by atoms with E-state index in [-0.39, 0.29) is 23.1 Å². The topological polar surface area (TPSA) is 123 Å². The molecule has 0 aliphatic carbocycles. The molecule has 2 aromatic rings. The van der Waals surface area contributed by atoms with Gasteiger partial charge in [0.2, 0.25) is 11.8 Å². The Kier molecular flexibility index (Phi) is 7.42. The minimum Gasteiger partial charge on any atom is -0.497 e. The zero-order valence-electron chi connectivity index (χ0n) is 17.0. The van der Waals surface area contributed by atoms with Gasteiger partial charge in [0.15, 0.2) is 15.1 Å². The number of amides is 2. The molecule has 0 spiro atoms. The van der Waals surface area contributed by atoms with Crippen molar-refractivity contribution in [1.82, 2.24) is 10.6 Å². The van der Waals surface area contributed by atoms with Crippen LogP contribution in [0.25, 0.3) is 0 Å². The van der Waals surface area contributed by atoms with E-state index in [1.54, 1.807) is 24.3 Å². The van der Waals surface area contributed by atoms with Crippen LogP contribution in [0.5, 0.6) is 11.5 Å². The van der Waals surface area contributed by atoms with Crippen LogP contribution in [0.2, 0.25) is 0 Å². The average molecular weight is 466 g/mol. The van der Waals surface area contributed by atoms with Gasteiger partial charge in [0.1, 0.15) is 17.0 Å². The van der Waals surface area contributed by atoms with Crippen molar-refractivity contribution in [2.24, 2.45) is 0 Å². The van der Waals surface area contributed by atoms with Crippen LogP contribution in [-0.2, 0) is 19.4 Å². The molecular formula is C20H23N3O6S2. The number of rotatable bonds is 8. The van der Waals surface area contributed by atoms with E-state index in [0.29, 0.717) is 17.2 Å². The van der Waals surface area contributed by atoms with Crippen LogP contribution in [0.15, 0.2) is 53.4 Å². The summed E-state index contributed by atoms with van der Waals surface area (Å²) in [7, 11) is -0.878. The maximum absolute atomic E-state index is 12.8. The molecule has 1 fully saturated rings. The van der Waals surface area contributed by atoms with Gasteiger partial charge in [-0.25, -0.2) is 8.42 Å². The fourth-order valence-electron chi connectivity index (χ4n) is 2.95. The van der Waals surface area contributed by atoms with E-state index in [1.807, 2.05) is 0 Å². The Balaban J connectivity index is 1.55. The molecule has 2 atom stereocenters. The van der Waals surface area contributed by atoms with Gasteiger partial charge in [-0.1, -0.05) is 12.1 Å². The number of methoxy groups -OCH3 is 2. The van der Waals surface area contributed by atoms with Crippen LogP contribution in [0, 0.1) is 0 Å². The van der Waals surface area contributed by atoms with E-state index in [0.717, 1.165) is 11.8 Å². The van der Waals surface area contributed by atoms with Crippen LogP contribution in [0.3, 0.4) is 0 Å². The summed E-state index contributed by atoms with van der Waals surface area (Å²) < 4.78 is 35.8. The predicted octanol–water partition coefficient (Wildman–Crippen LogP) is 1.22. The number of benzene rings is 2. The van der Waals surface area contributed by atoms with Gasteiger partial charge >= 0.3 is 0 Å². The first-order valence-electron chi connectivity index (χ1n) is 9.31. The third-order valence-electron chi connectivity index (χ3n) is 4.58. The molecule has 3 rings (SSSR count). The second kappa shape index (κ2) is 10.0. The molecule has 2 unspecified atom stereocenters. The van der Waals surface area contributed by atoms with Gasteiger partial charge in [-0.05, 0) is 36.4 Å². The van der Waals surface area contributed by atoms with Crippen molar-refractivity contribution in [2.75, 3.05) is 31.8 Å². The van der Waals surface area contributed by atoms with Crippen LogP contribution in [0.4, 0.5) is 5.69 Å². The van der Waals surface area contributed by atoms with E-state index in [1.165, 1.54) is 38.5 Å². The summed E-state index contributed by atoms with van der Waals surface area (Å²) >= 11 is 1.15. The first kappa shape index (κ1) is 22.9. The standard InChI is InChI=1S/C20H23N3O6S2/c1-28-13-7-9-14(10-8-13)31(26,27)17-11-21-20(23-19(17)25)30-12-18(24)22-15-5-3-4-6-16(15)29-2/h3-10,17,20-21H,11-12H2,1-2H3,(H,22,24)(H,23,25). The van der Waals surface area contributed by atoms with Gasteiger partial charge < -0.3 is 20.1 Å². The molecular weight excluding hydrogens is 442 g/mol. The number of hydrogen-bond donors (Lipinski definition) is 3. The summed E-state index contributed by atoms with van der Waals surface area (Å²) in [6, 6.07) is 12.9. The molecule has 166 valence electrons. The van der Waals surface area contributed by atoms with E-state index >= 15 is 0 Å². The first-order chi connectivity index (χ1) is 14.8. The monoisotopic (exact) mass is 465 g/mol. The number of anilines is 1. The maximum atomic E-state index is 12.8. The van der Waals surface area contributed by atoms with E-state index in [4.69, 9.17) is 9.47 Å². The lowest BCUT2D eigenvalue weighted by molar-refractivity contribution is -0.122. The van der Waals surface area contributed by atoms with Gasteiger partial charge in [0.25, 0.3) is 0 Å². The van der Waals surface area contributed by atoms with Crippen LogP contribution in [-0.4, -0.2) is 57.5 Å². The SMILES string of the molecule is COc1ccc(S(=O)(=O)C2CNC(SCC(=O)Nc3ccccc3OC)NC2=O)cc1. The van der Waals surface area contributed by atoms with E-state index in [9.17, 15) is 18.0 Å². The minimum absolute atomic E-state index is 0.0394. The molecule has 1 aliphatic rings. The average Bonchev–Trinajstić information content (AvgIpc) is 2.78. The van der Waals surface area contributed by atoms with Crippen molar-refractivity contribution < 1.29 is 27.5 Å². The number of thioether (sulfide) groups is 1. The first-order valence-corrected chi connectivity index (χ1v) is 11.9. The second-order valence-corrected chi connectivity index (χ2v) is 9.79. The van der Waals surface area contributed by atoms with Crippen molar-refractivity contribution in [2.45, 2.75) is 15.6 Å². The largest absolute Gasteiger partial charge is 0.497 e. The number of hydrogen-bond acceptors (Lipinski definition) is 8. The number of sulfone groups is 1. The van der Waals surface area contributed by atoms with Crippen molar-refractivity contribution in [3.05, 3.63) is 48.5 Å². The van der Waals surface area contributed by atoms with Crippen LogP contribution < -0.4 is 25.4 Å². The fourth-order valence-corrected chi connectivity index (χ4v) is 5.27. The van der Waals surface area contributed by atoms with Crippen molar-refractivity contribution >= 4 is 39.1 Å². The van der Waals surface area contributed by atoms with Crippen molar-refractivity contribution in [1.29, 1.82) is 0 Å². The number of ether oxygens (including phenoxy) is 2. The van der Waals surface area contributed by atoms with Gasteiger partial charge in [0, 0.05) is 6.54 Å². The third kappa shape index (κ3) is 5.49. The lowest BCUT2D eigenvalue weighted by Gasteiger charge is -2.29. The summed E-state index contributed by atoms with van der Waals surface area (Å²) in [6.45, 7) is -0.0635. The number of para-hydroxylation sites is 2. The third-order valence-corrected chi connectivity index (χ3v) is 7.68. The number of nitrogens with one attached hydrogen (secondary N) is 3. The molecule has 31 heavy (non-hydrogen) atoms. The van der Waals surface area contributed by atoms with Crippen LogP contribution >= 0.6 is 11.8 Å². The van der Waals surface area contributed by atoms with Gasteiger partial charge in [-0.2, -0.15) is 0 Å². The van der Waals surface area contributed by atoms with E-state index in [2.05, 4.69) is 16.0 Å². The maximum Gasteiger partial charge on any atom is 0.241 e. The number of carbonyl (C=O) groups excluding carboxylic acids is 2. The molecule has 3 N–H and O–H groups in total. The highest BCUT2D eigenvalue weighted by molar-refractivity contribution is 8.00. The predicted molar refractivity (Wildman–Crippen MR) is 118 cm³/mol. The highest BCUT2D eigenvalue weighted by atomic mass is 32.2. The Morgan fingerprint density at radius 2 is 1.84 bits per heavy atom. The Morgan fingerprint density at radius 1 is 1.13 bits per heavy atom. The molecule has 2 amide bonds. The molecule has 1 aliphatic heterocycles. The van der Waals surface area contributed by atoms with Crippen LogP contribution in [0.1, 0.15) is 0 Å². The summed E-state index contributed by atoms with van der Waals surface area (Å²) in [5.41, 5.74) is -0.0416. The lowest BCUT2D eigenvalue weighted by Crippen LogP contribution is -2.59. The Morgan fingerprint density at radius 3 is 2.48 bits per heavy atom. The Hall–Kier alpha value is -2.76. The molecule has 11 heteroatoms. The fraction of sp³-hybridized carbons (Fsp3) is 0.300. The van der Waals surface area contributed by atoms with Gasteiger partial charge in [0.05, 0.1) is 30.6 Å². The molecule has 1 saturated heterocycles. The summed E-state index contributed by atoms with van der Waals surface area (Å²) in [4.78, 5) is 24.8. The molecule has 2 aromatic carbocycles. The highest BCUT2D eigenvalue weighted by Crippen LogP contribution is 2.24. The zero-order valence-corrected chi connectivity index (χ0v) is 18.6. The van der Waals surface area contributed by atoms with Crippen molar-refractivity contribution in [3.63, 3.8) is 0 Å².